The van der Waals surface area contributed by atoms with Crippen LogP contribution in [0.3, 0.4) is 0 Å². The molecule has 0 aromatic rings. The minimum absolute atomic E-state index is 0. The summed E-state index contributed by atoms with van der Waals surface area (Å²) in [7, 11) is 0. The van der Waals surface area contributed by atoms with E-state index in [4.69, 9.17) is 0 Å². The molecule has 116 valence electrons. The molecule has 0 N–H and O–H groups in total. The predicted molar refractivity (Wildman–Crippen MR) is 88.2 cm³/mol. The Bertz CT molecular complexity index is 157. The Labute approximate surface area is 172 Å². The number of hydrogen-bond acceptors (Lipinski definition) is 1. The molecule has 0 aliphatic rings. The molecule has 0 atom stereocenters. The zero-order valence-electron chi connectivity index (χ0n) is 14.5. The molecule has 0 heterocycles. The zero-order valence-corrected chi connectivity index (χ0v) is 17.6. The molecule has 2 heteroatoms. The van der Waals surface area contributed by atoms with Gasteiger partial charge in [-0.25, -0.2) is 0 Å². The van der Waals surface area contributed by atoms with Gasteiger partial charge in [0, 0.05) is 0 Å². The van der Waals surface area contributed by atoms with Gasteiger partial charge < -0.3 is 18.7 Å². The van der Waals surface area contributed by atoms with Crippen molar-refractivity contribution in [2.24, 2.45) is 0 Å². The van der Waals surface area contributed by atoms with E-state index in [0.29, 0.717) is 0 Å². The Morgan fingerprint density at radius 3 is 1.30 bits per heavy atom. The summed E-state index contributed by atoms with van der Waals surface area (Å²) in [5, 5.41) is 0. The van der Waals surface area contributed by atoms with Crippen LogP contribution >= 0.6 is 0 Å². The van der Waals surface area contributed by atoms with Gasteiger partial charge in [-0.2, -0.15) is 0 Å². The second-order valence-electron chi connectivity index (χ2n) is 5.73. The quantitative estimate of drug-likeness (QED) is 0.255. The molecule has 0 unspecified atom stereocenters. The van der Waals surface area contributed by atoms with Gasteiger partial charge in [0.25, 0.3) is 0 Å². The molecular weight excluding hydrogens is 269 g/mol. The van der Waals surface area contributed by atoms with E-state index in [9.17, 15) is 0 Å². The van der Waals surface area contributed by atoms with E-state index >= 15 is 0 Å². The molecule has 0 aromatic heterocycles. The molecule has 0 saturated heterocycles. The Kier molecular flexibility index (Phi) is 24.6. The van der Waals surface area contributed by atoms with Crippen LogP contribution < -0.4 is 51.4 Å². The summed E-state index contributed by atoms with van der Waals surface area (Å²) >= 11 is 0. The predicted octanol–water partition coefficient (Wildman–Crippen LogP) is 2.66. The summed E-state index contributed by atoms with van der Waals surface area (Å²) in [5.74, 6) is 0. The molecule has 0 spiro atoms. The average molecular weight is 307 g/mol. The molecule has 0 aliphatic heterocycles. The smallest absolute Gasteiger partial charge is 0.363 e. The van der Waals surface area contributed by atoms with Gasteiger partial charge in [0.2, 0.25) is 0 Å². The Balaban J connectivity index is 0. The van der Waals surface area contributed by atoms with Crippen molar-refractivity contribution in [2.75, 3.05) is 19.6 Å². The van der Waals surface area contributed by atoms with Gasteiger partial charge in [-0.1, -0.05) is 77.6 Å². The van der Waals surface area contributed by atoms with Crippen molar-refractivity contribution in [3.8, 4) is 0 Å². The van der Waals surface area contributed by atoms with Crippen molar-refractivity contribution >= 4 is 0 Å². The topological polar surface area (TPSA) is 3.24 Å². The van der Waals surface area contributed by atoms with Crippen molar-refractivity contribution in [3.05, 3.63) is 13.8 Å². The standard InChI is InChI=1S/C18H37N.K/c1-4-7-8-9-10-11-12-13-14-15-16-17-18-19(5-2)6-3;/h2-18H2,1H3;/q-2;+1. The molecule has 1 nitrogen and oxygen atoms in total. The third-order valence-electron chi connectivity index (χ3n) is 3.96. The average Bonchev–Trinajstić information content (AvgIpc) is 2.44. The Morgan fingerprint density at radius 2 is 0.950 bits per heavy atom. The fourth-order valence-corrected chi connectivity index (χ4v) is 2.51. The number of rotatable bonds is 15. The second kappa shape index (κ2) is 20.6. The van der Waals surface area contributed by atoms with Crippen LogP contribution in [0, 0.1) is 13.8 Å². The number of hydrogen-bond donors (Lipinski definition) is 0. The van der Waals surface area contributed by atoms with E-state index in [-0.39, 0.29) is 51.4 Å². The monoisotopic (exact) mass is 306 g/mol. The number of nitrogens with zero attached hydrogens (tertiary/aromatic N) is 1. The van der Waals surface area contributed by atoms with E-state index in [1.165, 1.54) is 83.6 Å². The van der Waals surface area contributed by atoms with Gasteiger partial charge >= 0.3 is 51.4 Å². The summed E-state index contributed by atoms with van der Waals surface area (Å²) in [4.78, 5) is 2.32. The summed E-state index contributed by atoms with van der Waals surface area (Å²) in [5.41, 5.74) is 0. The van der Waals surface area contributed by atoms with Crippen LogP contribution in [0.5, 0.6) is 0 Å². The summed E-state index contributed by atoms with van der Waals surface area (Å²) < 4.78 is 0. The molecule has 0 fully saturated rings. The Morgan fingerprint density at radius 1 is 0.600 bits per heavy atom. The van der Waals surface area contributed by atoms with E-state index in [1.807, 2.05) is 0 Å². The first-order valence-corrected chi connectivity index (χ1v) is 8.66. The molecule has 0 bridgehead atoms. The molecule has 20 heavy (non-hydrogen) atoms. The fraction of sp³-hybridized carbons (Fsp3) is 0.889. The molecule has 0 amide bonds. The molecule has 0 rings (SSSR count). The van der Waals surface area contributed by atoms with Crippen LogP contribution in [0.15, 0.2) is 0 Å². The molecule has 0 radical (unpaired) electrons. The van der Waals surface area contributed by atoms with Crippen LogP contribution in [0.2, 0.25) is 0 Å². The van der Waals surface area contributed by atoms with Gasteiger partial charge in [0.05, 0.1) is 0 Å². The minimum Gasteiger partial charge on any atom is -0.363 e. The molecule has 0 aromatic carbocycles. The maximum absolute atomic E-state index is 3.92. The number of unbranched alkanes of at least 4 members (excludes halogenated alkanes) is 11. The normalized spacial score (nSPS) is 10.8. The van der Waals surface area contributed by atoms with E-state index in [1.54, 1.807) is 0 Å². The third kappa shape index (κ3) is 17.6. The van der Waals surface area contributed by atoms with E-state index in [2.05, 4.69) is 25.7 Å². The van der Waals surface area contributed by atoms with Gasteiger partial charge in [-0.3, -0.25) is 0 Å². The third-order valence-corrected chi connectivity index (χ3v) is 3.96. The molecular formula is C18H37KN-. The van der Waals surface area contributed by atoms with Gasteiger partial charge in [-0.05, 0) is 13.0 Å². The van der Waals surface area contributed by atoms with E-state index in [0.717, 1.165) is 13.1 Å². The zero-order chi connectivity index (χ0) is 14.2. The fourth-order valence-electron chi connectivity index (χ4n) is 2.51. The minimum atomic E-state index is 0. The van der Waals surface area contributed by atoms with Gasteiger partial charge in [0.15, 0.2) is 0 Å². The van der Waals surface area contributed by atoms with Crippen LogP contribution in [0.1, 0.15) is 84.0 Å². The summed E-state index contributed by atoms with van der Waals surface area (Å²) in [6, 6.07) is 0. The van der Waals surface area contributed by atoms with Gasteiger partial charge in [-0.15, -0.1) is 13.1 Å². The van der Waals surface area contributed by atoms with Crippen molar-refractivity contribution in [1.82, 2.24) is 4.90 Å². The van der Waals surface area contributed by atoms with Crippen LogP contribution in [0.25, 0.3) is 0 Å². The maximum Gasteiger partial charge on any atom is 1.00 e. The summed E-state index contributed by atoms with van der Waals surface area (Å²) in [6.07, 6.45) is 17.1. The summed E-state index contributed by atoms with van der Waals surface area (Å²) in [6.45, 7) is 13.1. The second-order valence-corrected chi connectivity index (χ2v) is 5.73. The van der Waals surface area contributed by atoms with Gasteiger partial charge in [0.1, 0.15) is 0 Å². The van der Waals surface area contributed by atoms with Crippen LogP contribution in [0.4, 0.5) is 0 Å². The first-order valence-electron chi connectivity index (χ1n) is 8.66. The molecule has 0 aliphatic carbocycles. The van der Waals surface area contributed by atoms with Crippen molar-refractivity contribution in [1.29, 1.82) is 0 Å². The SMILES string of the molecule is [CH2-]CN(C[CH2-])CCCCCCCCCCCCCC.[K+]. The first-order chi connectivity index (χ1) is 9.35. The largest absolute Gasteiger partial charge is 1.00 e. The van der Waals surface area contributed by atoms with Crippen molar-refractivity contribution < 1.29 is 51.4 Å². The van der Waals surface area contributed by atoms with E-state index < -0.39 is 0 Å². The maximum atomic E-state index is 3.92. The van der Waals surface area contributed by atoms with Crippen LogP contribution in [-0.2, 0) is 0 Å². The molecule has 0 saturated carbocycles. The first kappa shape index (κ1) is 23.9. The van der Waals surface area contributed by atoms with Crippen molar-refractivity contribution in [2.45, 2.75) is 84.0 Å². The Hall–Kier alpha value is 1.60. The van der Waals surface area contributed by atoms with Crippen LogP contribution in [-0.4, -0.2) is 24.5 Å². The van der Waals surface area contributed by atoms with Crippen molar-refractivity contribution in [3.63, 3.8) is 0 Å².